The van der Waals surface area contributed by atoms with E-state index in [-0.39, 0.29) is 5.91 Å². The van der Waals surface area contributed by atoms with Gasteiger partial charge in [-0.1, -0.05) is 11.6 Å². The summed E-state index contributed by atoms with van der Waals surface area (Å²) in [5.41, 5.74) is 7.63. The summed E-state index contributed by atoms with van der Waals surface area (Å²) in [7, 11) is 1.93. The molecule has 0 saturated carbocycles. The van der Waals surface area contributed by atoms with Gasteiger partial charge in [0.15, 0.2) is 0 Å². The van der Waals surface area contributed by atoms with Gasteiger partial charge in [-0.05, 0) is 29.8 Å². The van der Waals surface area contributed by atoms with Crippen LogP contribution in [0.2, 0.25) is 5.02 Å². The van der Waals surface area contributed by atoms with Crippen molar-refractivity contribution in [2.45, 2.75) is 6.54 Å². The van der Waals surface area contributed by atoms with Crippen molar-refractivity contribution in [1.29, 1.82) is 0 Å². The summed E-state index contributed by atoms with van der Waals surface area (Å²) in [4.78, 5) is 11.9. The SMILES string of the molecule is Cn1ccc(CNC(=O)c2cc(N)cc(Cl)c2)c1. The van der Waals surface area contributed by atoms with Gasteiger partial charge in [0.1, 0.15) is 0 Å². The van der Waals surface area contributed by atoms with Crippen molar-refractivity contribution >= 4 is 23.2 Å². The molecular weight excluding hydrogens is 250 g/mol. The molecule has 2 aromatic rings. The maximum Gasteiger partial charge on any atom is 0.251 e. The van der Waals surface area contributed by atoms with E-state index < -0.39 is 0 Å². The minimum absolute atomic E-state index is 0.187. The second-order valence-corrected chi connectivity index (χ2v) is 4.58. The molecule has 0 fully saturated rings. The van der Waals surface area contributed by atoms with Crippen molar-refractivity contribution in [2.24, 2.45) is 7.05 Å². The lowest BCUT2D eigenvalue weighted by atomic mass is 10.2. The van der Waals surface area contributed by atoms with Gasteiger partial charge < -0.3 is 15.6 Å². The van der Waals surface area contributed by atoms with Gasteiger partial charge in [-0.25, -0.2) is 0 Å². The van der Waals surface area contributed by atoms with E-state index in [0.717, 1.165) is 5.56 Å². The molecule has 0 aliphatic rings. The molecule has 5 heteroatoms. The van der Waals surface area contributed by atoms with Crippen molar-refractivity contribution in [3.05, 3.63) is 52.8 Å². The Balaban J connectivity index is 2.03. The number of amides is 1. The van der Waals surface area contributed by atoms with E-state index in [0.29, 0.717) is 22.8 Å². The van der Waals surface area contributed by atoms with Crippen molar-refractivity contribution in [1.82, 2.24) is 9.88 Å². The maximum atomic E-state index is 11.9. The molecule has 1 aromatic heterocycles. The van der Waals surface area contributed by atoms with Crippen LogP contribution >= 0.6 is 11.6 Å². The van der Waals surface area contributed by atoms with Gasteiger partial charge >= 0.3 is 0 Å². The Bertz CT molecular complexity index is 557. The summed E-state index contributed by atoms with van der Waals surface area (Å²) in [6, 6.07) is 6.76. The number of anilines is 1. The second-order valence-electron chi connectivity index (χ2n) is 4.14. The van der Waals surface area contributed by atoms with Crippen LogP contribution in [-0.4, -0.2) is 10.5 Å². The number of hydrogen-bond donors (Lipinski definition) is 2. The Morgan fingerprint density at radius 2 is 2.22 bits per heavy atom. The fourth-order valence-electron chi connectivity index (χ4n) is 1.69. The summed E-state index contributed by atoms with van der Waals surface area (Å²) in [5.74, 6) is -0.187. The molecule has 4 nitrogen and oxygen atoms in total. The van der Waals surface area contributed by atoms with Crippen LogP contribution < -0.4 is 11.1 Å². The first-order valence-electron chi connectivity index (χ1n) is 5.50. The van der Waals surface area contributed by atoms with Gasteiger partial charge in [0.25, 0.3) is 5.91 Å². The van der Waals surface area contributed by atoms with E-state index in [4.69, 9.17) is 17.3 Å². The number of hydrogen-bond acceptors (Lipinski definition) is 2. The Morgan fingerprint density at radius 3 is 2.83 bits per heavy atom. The fourth-order valence-corrected chi connectivity index (χ4v) is 1.94. The topological polar surface area (TPSA) is 60.0 Å². The average Bonchev–Trinajstić information content (AvgIpc) is 2.70. The molecule has 1 heterocycles. The highest BCUT2D eigenvalue weighted by Crippen LogP contribution is 2.16. The van der Waals surface area contributed by atoms with Crippen LogP contribution in [0.3, 0.4) is 0 Å². The van der Waals surface area contributed by atoms with Gasteiger partial charge in [0, 0.05) is 42.3 Å². The predicted octanol–water partition coefficient (Wildman–Crippen LogP) is 2.19. The van der Waals surface area contributed by atoms with Gasteiger partial charge in [-0.15, -0.1) is 0 Å². The van der Waals surface area contributed by atoms with E-state index in [1.54, 1.807) is 18.2 Å². The molecule has 0 aliphatic heterocycles. The minimum Gasteiger partial charge on any atom is -0.399 e. The molecule has 0 bridgehead atoms. The molecular formula is C13H14ClN3O. The van der Waals surface area contributed by atoms with Crippen LogP contribution in [0.1, 0.15) is 15.9 Å². The van der Waals surface area contributed by atoms with Crippen molar-refractivity contribution < 1.29 is 4.79 Å². The fraction of sp³-hybridized carbons (Fsp3) is 0.154. The predicted molar refractivity (Wildman–Crippen MR) is 72.4 cm³/mol. The summed E-state index contributed by atoms with van der Waals surface area (Å²) in [6.45, 7) is 0.478. The van der Waals surface area contributed by atoms with Crippen LogP contribution in [0.5, 0.6) is 0 Å². The molecule has 0 saturated heterocycles. The second kappa shape index (κ2) is 5.14. The Morgan fingerprint density at radius 1 is 1.44 bits per heavy atom. The van der Waals surface area contributed by atoms with E-state index in [2.05, 4.69) is 5.32 Å². The van der Waals surface area contributed by atoms with Crippen LogP contribution in [0, 0.1) is 0 Å². The number of aromatic nitrogens is 1. The summed E-state index contributed by atoms with van der Waals surface area (Å²) >= 11 is 5.85. The lowest BCUT2D eigenvalue weighted by molar-refractivity contribution is 0.0951. The van der Waals surface area contributed by atoms with Gasteiger partial charge in [-0.2, -0.15) is 0 Å². The molecule has 0 radical (unpaired) electrons. The normalized spacial score (nSPS) is 10.3. The minimum atomic E-state index is -0.187. The third kappa shape index (κ3) is 3.05. The Kier molecular flexibility index (Phi) is 3.58. The summed E-state index contributed by atoms with van der Waals surface area (Å²) < 4.78 is 1.93. The molecule has 3 N–H and O–H groups in total. The highest BCUT2D eigenvalue weighted by molar-refractivity contribution is 6.31. The third-order valence-electron chi connectivity index (χ3n) is 2.53. The molecule has 1 amide bonds. The highest BCUT2D eigenvalue weighted by atomic mass is 35.5. The zero-order chi connectivity index (χ0) is 13.1. The number of nitrogen functional groups attached to an aromatic ring is 1. The lowest BCUT2D eigenvalue weighted by Gasteiger charge is -2.05. The first-order chi connectivity index (χ1) is 8.54. The largest absolute Gasteiger partial charge is 0.399 e. The molecule has 2 rings (SSSR count). The van der Waals surface area contributed by atoms with Gasteiger partial charge in [-0.3, -0.25) is 4.79 Å². The summed E-state index contributed by atoms with van der Waals surface area (Å²) in [6.07, 6.45) is 3.88. The van der Waals surface area contributed by atoms with E-state index in [9.17, 15) is 4.79 Å². The Labute approximate surface area is 110 Å². The number of carbonyl (C=O) groups is 1. The lowest BCUT2D eigenvalue weighted by Crippen LogP contribution is -2.22. The van der Waals surface area contributed by atoms with Crippen molar-refractivity contribution in [3.8, 4) is 0 Å². The molecule has 18 heavy (non-hydrogen) atoms. The zero-order valence-corrected chi connectivity index (χ0v) is 10.7. The van der Waals surface area contributed by atoms with Crippen LogP contribution in [0.4, 0.5) is 5.69 Å². The number of benzene rings is 1. The van der Waals surface area contributed by atoms with Gasteiger partial charge in [0.05, 0.1) is 0 Å². The van der Waals surface area contributed by atoms with E-state index in [1.165, 1.54) is 0 Å². The number of halogens is 1. The average molecular weight is 264 g/mol. The number of nitrogens with one attached hydrogen (secondary N) is 1. The molecule has 94 valence electrons. The molecule has 0 spiro atoms. The molecule has 1 aromatic carbocycles. The quantitative estimate of drug-likeness (QED) is 0.834. The first-order valence-corrected chi connectivity index (χ1v) is 5.87. The molecule has 0 aliphatic carbocycles. The van der Waals surface area contributed by atoms with E-state index in [1.807, 2.05) is 30.1 Å². The Hall–Kier alpha value is -1.94. The van der Waals surface area contributed by atoms with Crippen molar-refractivity contribution in [2.75, 3.05) is 5.73 Å². The number of rotatable bonds is 3. The highest BCUT2D eigenvalue weighted by Gasteiger charge is 2.07. The first kappa shape index (κ1) is 12.5. The monoisotopic (exact) mass is 263 g/mol. The third-order valence-corrected chi connectivity index (χ3v) is 2.75. The number of aryl methyl sites for hydroxylation is 1. The van der Waals surface area contributed by atoms with Gasteiger partial charge in [0.2, 0.25) is 0 Å². The summed E-state index contributed by atoms with van der Waals surface area (Å²) in [5, 5.41) is 3.27. The standard InChI is InChI=1S/C13H14ClN3O/c1-17-3-2-9(8-17)7-16-13(18)10-4-11(14)6-12(15)5-10/h2-6,8H,7,15H2,1H3,(H,16,18). The van der Waals surface area contributed by atoms with Crippen molar-refractivity contribution in [3.63, 3.8) is 0 Å². The van der Waals surface area contributed by atoms with Crippen LogP contribution in [0.15, 0.2) is 36.7 Å². The molecule has 0 unspecified atom stereocenters. The molecule has 0 atom stereocenters. The van der Waals surface area contributed by atoms with E-state index >= 15 is 0 Å². The van der Waals surface area contributed by atoms with Crippen LogP contribution in [0.25, 0.3) is 0 Å². The van der Waals surface area contributed by atoms with Crippen LogP contribution in [-0.2, 0) is 13.6 Å². The number of nitrogens with zero attached hydrogens (tertiary/aromatic N) is 1. The zero-order valence-electron chi connectivity index (χ0n) is 9.98. The number of nitrogens with two attached hydrogens (primary N) is 1. The maximum absolute atomic E-state index is 11.9. The number of carbonyl (C=O) groups excluding carboxylic acids is 1. The smallest absolute Gasteiger partial charge is 0.251 e.